The highest BCUT2D eigenvalue weighted by molar-refractivity contribution is 5.64. The number of rotatable bonds is 3. The molecule has 0 radical (unpaired) electrons. The fourth-order valence-corrected chi connectivity index (χ4v) is 2.99. The molecule has 3 rings (SSSR count). The van der Waals surface area contributed by atoms with E-state index < -0.39 is 0 Å². The van der Waals surface area contributed by atoms with Crippen molar-refractivity contribution in [2.75, 3.05) is 19.6 Å². The highest BCUT2D eigenvalue weighted by atomic mass is 15.1. The van der Waals surface area contributed by atoms with Gasteiger partial charge in [-0.25, -0.2) is 0 Å². The number of hydrogen-bond acceptors (Lipinski definition) is 1. The van der Waals surface area contributed by atoms with Gasteiger partial charge in [-0.05, 0) is 42.1 Å². The summed E-state index contributed by atoms with van der Waals surface area (Å²) in [6.45, 7) is 5.89. The molecule has 1 atom stereocenters. The zero-order valence-electron chi connectivity index (χ0n) is 11.5. The maximum Gasteiger partial charge on any atom is 0.00506 e. The molecule has 19 heavy (non-hydrogen) atoms. The molecule has 2 aromatic rings. The molecule has 0 N–H and O–H groups in total. The number of nitrogens with zero attached hydrogens (tertiary/aromatic N) is 1. The van der Waals surface area contributed by atoms with Gasteiger partial charge in [0, 0.05) is 6.54 Å². The van der Waals surface area contributed by atoms with Crippen molar-refractivity contribution in [3.63, 3.8) is 0 Å². The van der Waals surface area contributed by atoms with Crippen LogP contribution in [0.3, 0.4) is 0 Å². The van der Waals surface area contributed by atoms with Crippen molar-refractivity contribution < 1.29 is 0 Å². The van der Waals surface area contributed by atoms with Gasteiger partial charge in [0.2, 0.25) is 0 Å². The Morgan fingerprint density at radius 2 is 1.79 bits per heavy atom. The predicted molar refractivity (Wildman–Crippen MR) is 81.4 cm³/mol. The second-order valence-corrected chi connectivity index (χ2v) is 5.37. The SMILES string of the molecule is CCN1CCC(c2cccc(-c3ccccc3)c2)C1. The standard InChI is InChI=1S/C18H21N/c1-2-19-12-11-18(14-19)17-10-6-9-16(13-17)15-7-4-3-5-8-15/h3-10,13,18H,2,11-12,14H2,1H3. The Labute approximate surface area is 115 Å². The van der Waals surface area contributed by atoms with Crippen LogP contribution < -0.4 is 0 Å². The van der Waals surface area contributed by atoms with Crippen molar-refractivity contribution in [2.45, 2.75) is 19.3 Å². The van der Waals surface area contributed by atoms with E-state index in [1.165, 1.54) is 42.7 Å². The van der Waals surface area contributed by atoms with Gasteiger partial charge in [-0.3, -0.25) is 0 Å². The van der Waals surface area contributed by atoms with Crippen LogP contribution in [0.1, 0.15) is 24.8 Å². The Hall–Kier alpha value is -1.60. The van der Waals surface area contributed by atoms with Gasteiger partial charge in [0.15, 0.2) is 0 Å². The largest absolute Gasteiger partial charge is 0.303 e. The Kier molecular flexibility index (Phi) is 3.65. The van der Waals surface area contributed by atoms with Gasteiger partial charge in [-0.1, -0.05) is 61.5 Å². The van der Waals surface area contributed by atoms with E-state index in [1.54, 1.807) is 0 Å². The van der Waals surface area contributed by atoms with Crippen LogP contribution in [0.15, 0.2) is 54.6 Å². The molecule has 2 aromatic carbocycles. The van der Waals surface area contributed by atoms with Crippen LogP contribution in [0.5, 0.6) is 0 Å². The summed E-state index contributed by atoms with van der Waals surface area (Å²) in [5.74, 6) is 0.712. The van der Waals surface area contributed by atoms with E-state index in [0.29, 0.717) is 5.92 Å². The third-order valence-electron chi connectivity index (χ3n) is 4.18. The Morgan fingerprint density at radius 1 is 1.00 bits per heavy atom. The zero-order chi connectivity index (χ0) is 13.1. The molecular weight excluding hydrogens is 230 g/mol. The second-order valence-electron chi connectivity index (χ2n) is 5.37. The van der Waals surface area contributed by atoms with Crippen molar-refractivity contribution in [3.8, 4) is 11.1 Å². The number of hydrogen-bond donors (Lipinski definition) is 0. The smallest absolute Gasteiger partial charge is 0.00506 e. The van der Waals surface area contributed by atoms with E-state index in [4.69, 9.17) is 0 Å². The van der Waals surface area contributed by atoms with Crippen LogP contribution in [-0.4, -0.2) is 24.5 Å². The molecule has 0 bridgehead atoms. The molecule has 0 saturated carbocycles. The van der Waals surface area contributed by atoms with Gasteiger partial charge in [0.1, 0.15) is 0 Å². The molecule has 1 heterocycles. The first-order valence-corrected chi connectivity index (χ1v) is 7.24. The van der Waals surface area contributed by atoms with Crippen molar-refractivity contribution in [2.24, 2.45) is 0 Å². The van der Waals surface area contributed by atoms with Crippen LogP contribution in [0.4, 0.5) is 0 Å². The molecule has 1 nitrogen and oxygen atoms in total. The van der Waals surface area contributed by atoms with Crippen molar-refractivity contribution in [3.05, 3.63) is 60.2 Å². The molecule has 0 aromatic heterocycles. The summed E-state index contributed by atoms with van der Waals surface area (Å²) in [5.41, 5.74) is 4.15. The molecule has 98 valence electrons. The molecule has 0 aliphatic carbocycles. The van der Waals surface area contributed by atoms with Gasteiger partial charge in [-0.2, -0.15) is 0 Å². The number of likely N-dealkylation sites (tertiary alicyclic amines) is 1. The van der Waals surface area contributed by atoms with E-state index >= 15 is 0 Å². The summed E-state index contributed by atoms with van der Waals surface area (Å²) in [7, 11) is 0. The highest BCUT2D eigenvalue weighted by Crippen LogP contribution is 2.30. The van der Waals surface area contributed by atoms with E-state index in [0.717, 1.165) is 0 Å². The van der Waals surface area contributed by atoms with Gasteiger partial charge in [-0.15, -0.1) is 0 Å². The summed E-state index contributed by atoms with van der Waals surface area (Å²) in [4.78, 5) is 2.54. The molecule has 1 fully saturated rings. The summed E-state index contributed by atoms with van der Waals surface area (Å²) >= 11 is 0. The van der Waals surface area contributed by atoms with E-state index in [1.807, 2.05) is 0 Å². The van der Waals surface area contributed by atoms with Crippen LogP contribution in [0.25, 0.3) is 11.1 Å². The number of likely N-dealkylation sites (N-methyl/N-ethyl adjacent to an activating group) is 1. The van der Waals surface area contributed by atoms with Gasteiger partial charge >= 0.3 is 0 Å². The maximum absolute atomic E-state index is 2.54. The quantitative estimate of drug-likeness (QED) is 0.791. The Balaban J connectivity index is 1.85. The third-order valence-corrected chi connectivity index (χ3v) is 4.18. The first-order chi connectivity index (χ1) is 9.36. The van der Waals surface area contributed by atoms with Crippen molar-refractivity contribution >= 4 is 0 Å². The molecule has 1 heteroatoms. The molecular formula is C18H21N. The average Bonchev–Trinajstić information content (AvgIpc) is 2.97. The van der Waals surface area contributed by atoms with E-state index in [9.17, 15) is 0 Å². The van der Waals surface area contributed by atoms with E-state index in [-0.39, 0.29) is 0 Å². The monoisotopic (exact) mass is 251 g/mol. The van der Waals surface area contributed by atoms with Gasteiger partial charge < -0.3 is 4.90 Å². The van der Waals surface area contributed by atoms with Crippen molar-refractivity contribution in [1.29, 1.82) is 0 Å². The molecule has 1 aliphatic rings. The maximum atomic E-state index is 2.54. The lowest BCUT2D eigenvalue weighted by atomic mass is 9.94. The normalized spacial score (nSPS) is 19.7. The van der Waals surface area contributed by atoms with Crippen LogP contribution >= 0.6 is 0 Å². The number of benzene rings is 2. The molecule has 1 saturated heterocycles. The minimum Gasteiger partial charge on any atom is -0.303 e. The second kappa shape index (κ2) is 5.58. The molecule has 0 amide bonds. The first kappa shape index (κ1) is 12.4. The van der Waals surface area contributed by atoms with Gasteiger partial charge in [0.05, 0.1) is 0 Å². The average molecular weight is 251 g/mol. The summed E-state index contributed by atoms with van der Waals surface area (Å²) < 4.78 is 0. The Bertz CT molecular complexity index is 532. The fraction of sp³-hybridized carbons (Fsp3) is 0.333. The lowest BCUT2D eigenvalue weighted by Gasteiger charge is -2.14. The zero-order valence-corrected chi connectivity index (χ0v) is 11.5. The lowest BCUT2D eigenvalue weighted by Crippen LogP contribution is -2.19. The highest BCUT2D eigenvalue weighted by Gasteiger charge is 2.22. The third kappa shape index (κ3) is 2.71. The first-order valence-electron chi connectivity index (χ1n) is 7.24. The predicted octanol–water partition coefficient (Wildman–Crippen LogP) is 4.16. The van der Waals surface area contributed by atoms with Crippen LogP contribution in [0.2, 0.25) is 0 Å². The minimum absolute atomic E-state index is 0.712. The van der Waals surface area contributed by atoms with Crippen LogP contribution in [0, 0.1) is 0 Å². The Morgan fingerprint density at radius 3 is 2.53 bits per heavy atom. The lowest BCUT2D eigenvalue weighted by molar-refractivity contribution is 0.354. The molecule has 1 aliphatic heterocycles. The molecule has 0 spiro atoms. The minimum atomic E-state index is 0.712. The fourth-order valence-electron chi connectivity index (χ4n) is 2.99. The topological polar surface area (TPSA) is 3.24 Å². The van der Waals surface area contributed by atoms with Crippen LogP contribution in [-0.2, 0) is 0 Å². The van der Waals surface area contributed by atoms with Gasteiger partial charge in [0.25, 0.3) is 0 Å². The molecule has 1 unspecified atom stereocenters. The summed E-state index contributed by atoms with van der Waals surface area (Å²) in [6, 6.07) is 19.7. The van der Waals surface area contributed by atoms with E-state index in [2.05, 4.69) is 66.4 Å². The summed E-state index contributed by atoms with van der Waals surface area (Å²) in [5, 5.41) is 0. The van der Waals surface area contributed by atoms with Crippen molar-refractivity contribution in [1.82, 2.24) is 4.90 Å². The summed E-state index contributed by atoms with van der Waals surface area (Å²) in [6.07, 6.45) is 1.30.